The summed E-state index contributed by atoms with van der Waals surface area (Å²) in [5.41, 5.74) is -0.0849. The van der Waals surface area contributed by atoms with Crippen LogP contribution in [0.15, 0.2) is 23.1 Å². The van der Waals surface area contributed by atoms with Gasteiger partial charge in [-0.05, 0) is 25.1 Å². The predicted octanol–water partition coefficient (Wildman–Crippen LogP) is 1.87. The van der Waals surface area contributed by atoms with Gasteiger partial charge >= 0.3 is 5.97 Å². The van der Waals surface area contributed by atoms with Gasteiger partial charge in [0.2, 0.25) is 15.7 Å². The zero-order valence-corrected chi connectivity index (χ0v) is 16.4. The number of esters is 1. The molecule has 9 nitrogen and oxygen atoms in total. The highest BCUT2D eigenvalue weighted by Gasteiger charge is 2.24. The largest absolute Gasteiger partial charge is 0.461 e. The molecule has 140 valence electrons. The van der Waals surface area contributed by atoms with Crippen LogP contribution in [0.4, 0.5) is 5.00 Å². The van der Waals surface area contributed by atoms with Crippen LogP contribution in [-0.4, -0.2) is 54.9 Å². The first kappa shape index (κ1) is 20.2. The summed E-state index contributed by atoms with van der Waals surface area (Å²) < 4.78 is 34.0. The highest BCUT2D eigenvalue weighted by atomic mass is 35.5. The van der Waals surface area contributed by atoms with Crippen LogP contribution in [0.2, 0.25) is 5.02 Å². The van der Waals surface area contributed by atoms with Crippen molar-refractivity contribution in [3.63, 3.8) is 0 Å². The average molecular weight is 419 g/mol. The molecular formula is C14H15ClN4O5S2. The van der Waals surface area contributed by atoms with E-state index in [1.165, 1.54) is 26.2 Å². The minimum absolute atomic E-state index is 0.0121. The van der Waals surface area contributed by atoms with E-state index < -0.39 is 21.9 Å². The quantitative estimate of drug-likeness (QED) is 0.711. The van der Waals surface area contributed by atoms with Crippen LogP contribution >= 0.6 is 23.1 Å². The average Bonchev–Trinajstić information content (AvgIpc) is 3.03. The van der Waals surface area contributed by atoms with Crippen molar-refractivity contribution in [1.29, 1.82) is 0 Å². The number of benzene rings is 1. The number of amides is 1. The SMILES string of the molecule is CCOC(=O)c1nnsc1NC(=O)c1ccc(Cl)c(S(=O)(=O)N(C)C)c1. The van der Waals surface area contributed by atoms with Gasteiger partial charge in [-0.2, -0.15) is 0 Å². The molecule has 0 bridgehead atoms. The molecule has 0 unspecified atom stereocenters. The lowest BCUT2D eigenvalue weighted by Gasteiger charge is -2.13. The van der Waals surface area contributed by atoms with Crippen LogP contribution < -0.4 is 5.32 Å². The first-order valence-electron chi connectivity index (χ1n) is 7.21. The number of nitrogens with zero attached hydrogens (tertiary/aromatic N) is 3. The Morgan fingerprint density at radius 2 is 2.04 bits per heavy atom. The van der Waals surface area contributed by atoms with E-state index in [0.29, 0.717) is 0 Å². The number of ether oxygens (including phenoxy) is 1. The fourth-order valence-corrected chi connectivity index (χ4v) is 3.77. The monoisotopic (exact) mass is 418 g/mol. The third kappa shape index (κ3) is 4.18. The van der Waals surface area contributed by atoms with Gasteiger partial charge < -0.3 is 10.1 Å². The van der Waals surface area contributed by atoms with Crippen LogP contribution in [0.5, 0.6) is 0 Å². The maximum Gasteiger partial charge on any atom is 0.362 e. The van der Waals surface area contributed by atoms with Crippen molar-refractivity contribution in [1.82, 2.24) is 13.9 Å². The molecule has 0 saturated carbocycles. The van der Waals surface area contributed by atoms with Gasteiger partial charge in [-0.1, -0.05) is 16.1 Å². The van der Waals surface area contributed by atoms with Crippen LogP contribution in [-0.2, 0) is 14.8 Å². The number of carbonyl (C=O) groups excluding carboxylic acids is 2. The third-order valence-corrected chi connectivity index (χ3v) is 6.07. The van der Waals surface area contributed by atoms with Crippen LogP contribution in [0.3, 0.4) is 0 Å². The van der Waals surface area contributed by atoms with Gasteiger partial charge in [-0.25, -0.2) is 17.5 Å². The number of halogens is 1. The second kappa shape index (κ2) is 8.08. The Kier molecular flexibility index (Phi) is 6.29. The molecule has 1 amide bonds. The molecule has 0 fully saturated rings. The van der Waals surface area contributed by atoms with E-state index >= 15 is 0 Å². The van der Waals surface area contributed by atoms with Crippen molar-refractivity contribution < 1.29 is 22.7 Å². The summed E-state index contributed by atoms with van der Waals surface area (Å²) in [4.78, 5) is 24.0. The van der Waals surface area contributed by atoms with Crippen molar-refractivity contribution in [2.45, 2.75) is 11.8 Å². The number of aromatic nitrogens is 2. The zero-order chi connectivity index (χ0) is 19.5. The first-order chi connectivity index (χ1) is 12.2. The van der Waals surface area contributed by atoms with Gasteiger partial charge in [0, 0.05) is 31.2 Å². The van der Waals surface area contributed by atoms with E-state index in [4.69, 9.17) is 16.3 Å². The van der Waals surface area contributed by atoms with E-state index in [1.807, 2.05) is 0 Å². The second-order valence-electron chi connectivity index (χ2n) is 5.06. The van der Waals surface area contributed by atoms with Crippen molar-refractivity contribution in [2.24, 2.45) is 0 Å². The summed E-state index contributed by atoms with van der Waals surface area (Å²) in [6.45, 7) is 1.78. The van der Waals surface area contributed by atoms with Gasteiger partial charge in [0.1, 0.15) is 4.90 Å². The fraction of sp³-hybridized carbons (Fsp3) is 0.286. The number of carbonyl (C=O) groups is 2. The Morgan fingerprint density at radius 1 is 1.35 bits per heavy atom. The van der Waals surface area contributed by atoms with Gasteiger partial charge in [0.05, 0.1) is 11.6 Å². The maximum atomic E-state index is 12.4. The topological polar surface area (TPSA) is 119 Å². The lowest BCUT2D eigenvalue weighted by Crippen LogP contribution is -2.23. The Hall–Kier alpha value is -2.08. The van der Waals surface area contributed by atoms with Gasteiger partial charge in [0.15, 0.2) is 5.00 Å². The molecule has 1 heterocycles. The van der Waals surface area contributed by atoms with E-state index in [9.17, 15) is 18.0 Å². The number of anilines is 1. The highest BCUT2D eigenvalue weighted by Crippen LogP contribution is 2.26. The highest BCUT2D eigenvalue weighted by molar-refractivity contribution is 7.89. The second-order valence-corrected chi connectivity index (χ2v) is 8.34. The smallest absolute Gasteiger partial charge is 0.362 e. The normalized spacial score (nSPS) is 11.4. The van der Waals surface area contributed by atoms with Crippen LogP contribution in [0.25, 0.3) is 0 Å². The molecule has 26 heavy (non-hydrogen) atoms. The number of rotatable bonds is 6. The van der Waals surface area contributed by atoms with E-state index in [-0.39, 0.29) is 32.8 Å². The lowest BCUT2D eigenvalue weighted by atomic mass is 10.2. The molecule has 1 aromatic heterocycles. The molecule has 12 heteroatoms. The number of nitrogens with one attached hydrogen (secondary N) is 1. The number of hydrogen-bond donors (Lipinski definition) is 1. The summed E-state index contributed by atoms with van der Waals surface area (Å²) in [5.74, 6) is -1.36. The minimum atomic E-state index is -3.83. The molecular weight excluding hydrogens is 404 g/mol. The molecule has 1 N–H and O–H groups in total. The Bertz CT molecular complexity index is 943. The molecule has 0 atom stereocenters. The summed E-state index contributed by atoms with van der Waals surface area (Å²) in [5, 5.41) is 6.19. The van der Waals surface area contributed by atoms with Gasteiger partial charge in [-0.3, -0.25) is 4.79 Å². The standard InChI is InChI=1S/C14H15ClN4O5S2/c1-4-24-14(21)11-13(25-18-17-11)16-12(20)8-5-6-9(15)10(7-8)26(22,23)19(2)3/h5-7H,4H2,1-3H3,(H,16,20). The minimum Gasteiger partial charge on any atom is -0.461 e. The predicted molar refractivity (Wildman–Crippen MR) is 96.1 cm³/mol. The molecule has 0 aliphatic carbocycles. The summed E-state index contributed by atoms with van der Waals surface area (Å²) in [6, 6.07) is 3.83. The molecule has 0 aliphatic heterocycles. The van der Waals surface area contributed by atoms with Crippen LogP contribution in [0.1, 0.15) is 27.8 Å². The maximum absolute atomic E-state index is 12.4. The van der Waals surface area contributed by atoms with Crippen molar-refractivity contribution in [3.8, 4) is 0 Å². The number of hydrogen-bond acceptors (Lipinski definition) is 8. The molecule has 0 aliphatic rings. The van der Waals surface area contributed by atoms with Crippen molar-refractivity contribution in [2.75, 3.05) is 26.0 Å². The molecule has 2 aromatic rings. The van der Waals surface area contributed by atoms with E-state index in [1.54, 1.807) is 6.92 Å². The van der Waals surface area contributed by atoms with Crippen molar-refractivity contribution in [3.05, 3.63) is 34.5 Å². The van der Waals surface area contributed by atoms with Crippen molar-refractivity contribution >= 4 is 50.0 Å². The Labute approximate surface area is 159 Å². The third-order valence-electron chi connectivity index (χ3n) is 3.14. The fourth-order valence-electron chi connectivity index (χ4n) is 1.82. The van der Waals surface area contributed by atoms with Gasteiger partial charge in [0.25, 0.3) is 5.91 Å². The van der Waals surface area contributed by atoms with E-state index in [0.717, 1.165) is 21.9 Å². The summed E-state index contributed by atoms with van der Waals surface area (Å²) in [7, 11) is -1.12. The van der Waals surface area contributed by atoms with Gasteiger partial charge in [-0.15, -0.1) is 5.10 Å². The lowest BCUT2D eigenvalue weighted by molar-refractivity contribution is 0.0520. The molecule has 0 saturated heterocycles. The molecule has 0 radical (unpaired) electrons. The van der Waals surface area contributed by atoms with Crippen LogP contribution in [0, 0.1) is 0 Å². The zero-order valence-electron chi connectivity index (χ0n) is 14.0. The summed E-state index contributed by atoms with van der Waals surface area (Å²) >= 11 is 6.76. The Morgan fingerprint density at radius 3 is 2.65 bits per heavy atom. The molecule has 0 spiro atoms. The Balaban J connectivity index is 2.33. The number of sulfonamides is 1. The molecule has 2 rings (SSSR count). The summed E-state index contributed by atoms with van der Waals surface area (Å²) in [6.07, 6.45) is 0. The van der Waals surface area contributed by atoms with E-state index in [2.05, 4.69) is 14.9 Å². The molecule has 1 aromatic carbocycles. The first-order valence-corrected chi connectivity index (χ1v) is 9.80.